The van der Waals surface area contributed by atoms with Crippen LogP contribution in [-0.4, -0.2) is 16.1 Å². The second-order valence-electron chi connectivity index (χ2n) is 6.34. The molecule has 1 fully saturated rings. The summed E-state index contributed by atoms with van der Waals surface area (Å²) in [4.78, 5) is 4.90. The van der Waals surface area contributed by atoms with Gasteiger partial charge in [-0.3, -0.25) is 0 Å². The van der Waals surface area contributed by atoms with Gasteiger partial charge in [-0.15, -0.1) is 0 Å². The van der Waals surface area contributed by atoms with E-state index in [-0.39, 0.29) is 0 Å². The molecule has 1 aliphatic rings. The van der Waals surface area contributed by atoms with E-state index in [1.54, 1.807) is 0 Å². The smallest absolute Gasteiger partial charge is 0.110 e. The molecule has 1 atom stereocenters. The molecule has 3 nitrogen and oxygen atoms in total. The molecule has 1 aromatic heterocycles. The molecule has 1 unspecified atom stereocenters. The first-order chi connectivity index (χ1) is 9.69. The number of benzene rings is 1. The molecule has 3 rings (SSSR count). The van der Waals surface area contributed by atoms with Crippen LogP contribution in [0.25, 0.3) is 11.0 Å². The molecule has 0 aliphatic heterocycles. The maximum Gasteiger partial charge on any atom is 0.110 e. The SMILES string of the molecule is Cc1ccc2c(c1)nc(CCC(C)CCN)n2C1CC1. The van der Waals surface area contributed by atoms with Crippen molar-refractivity contribution in [2.75, 3.05) is 6.54 Å². The molecule has 0 bridgehead atoms. The summed E-state index contributed by atoms with van der Waals surface area (Å²) < 4.78 is 2.49. The number of hydrogen-bond acceptors (Lipinski definition) is 2. The van der Waals surface area contributed by atoms with Crippen molar-refractivity contribution < 1.29 is 0 Å². The second kappa shape index (κ2) is 5.57. The van der Waals surface area contributed by atoms with E-state index < -0.39 is 0 Å². The summed E-state index contributed by atoms with van der Waals surface area (Å²) in [6.07, 6.45) is 6.00. The largest absolute Gasteiger partial charge is 0.330 e. The minimum Gasteiger partial charge on any atom is -0.330 e. The van der Waals surface area contributed by atoms with E-state index in [0.717, 1.165) is 19.4 Å². The van der Waals surface area contributed by atoms with Crippen LogP contribution in [0.2, 0.25) is 0 Å². The highest BCUT2D eigenvalue weighted by atomic mass is 15.1. The third kappa shape index (κ3) is 2.73. The van der Waals surface area contributed by atoms with Gasteiger partial charge in [0, 0.05) is 12.5 Å². The van der Waals surface area contributed by atoms with Crippen molar-refractivity contribution in [2.45, 2.75) is 52.0 Å². The van der Waals surface area contributed by atoms with Gasteiger partial charge < -0.3 is 10.3 Å². The normalized spacial score (nSPS) is 16.8. The van der Waals surface area contributed by atoms with Gasteiger partial charge in [0.15, 0.2) is 0 Å². The molecular formula is C17H25N3. The minimum atomic E-state index is 0.689. The Kier molecular flexibility index (Phi) is 3.79. The van der Waals surface area contributed by atoms with Gasteiger partial charge in [-0.1, -0.05) is 13.0 Å². The molecule has 1 aliphatic carbocycles. The van der Waals surface area contributed by atoms with E-state index >= 15 is 0 Å². The van der Waals surface area contributed by atoms with Crippen molar-refractivity contribution in [2.24, 2.45) is 11.7 Å². The summed E-state index contributed by atoms with van der Waals surface area (Å²) in [5.74, 6) is 1.96. The van der Waals surface area contributed by atoms with Gasteiger partial charge in [-0.25, -0.2) is 4.98 Å². The number of aromatic nitrogens is 2. The second-order valence-corrected chi connectivity index (χ2v) is 6.34. The standard InChI is InChI=1S/C17H25N3/c1-12(9-10-18)4-8-17-19-15-11-13(2)3-7-16(15)20(17)14-5-6-14/h3,7,11-12,14H,4-6,8-10,18H2,1-2H3. The number of nitrogens with zero attached hydrogens (tertiary/aromatic N) is 2. The summed E-state index contributed by atoms with van der Waals surface area (Å²) in [6, 6.07) is 7.34. The average molecular weight is 271 g/mol. The third-order valence-corrected chi connectivity index (χ3v) is 4.35. The molecule has 0 amide bonds. The highest BCUT2D eigenvalue weighted by molar-refractivity contribution is 5.77. The first-order valence-corrected chi connectivity index (χ1v) is 7.86. The van der Waals surface area contributed by atoms with Gasteiger partial charge in [-0.05, 0) is 62.8 Å². The maximum atomic E-state index is 5.64. The van der Waals surface area contributed by atoms with Crippen LogP contribution in [0.5, 0.6) is 0 Å². The van der Waals surface area contributed by atoms with Crippen LogP contribution < -0.4 is 5.73 Å². The van der Waals surface area contributed by atoms with Crippen LogP contribution >= 0.6 is 0 Å². The number of aryl methyl sites for hydroxylation is 2. The predicted octanol–water partition coefficient (Wildman–Crippen LogP) is 3.60. The summed E-state index contributed by atoms with van der Waals surface area (Å²) in [7, 11) is 0. The predicted molar refractivity (Wildman–Crippen MR) is 83.9 cm³/mol. The number of hydrogen-bond donors (Lipinski definition) is 1. The van der Waals surface area contributed by atoms with Crippen LogP contribution in [0.4, 0.5) is 0 Å². The van der Waals surface area contributed by atoms with Gasteiger partial charge in [-0.2, -0.15) is 0 Å². The van der Waals surface area contributed by atoms with Crippen molar-refractivity contribution in [1.29, 1.82) is 0 Å². The van der Waals surface area contributed by atoms with Crippen molar-refractivity contribution in [1.82, 2.24) is 9.55 Å². The Labute approximate surface area is 121 Å². The number of imidazole rings is 1. The topological polar surface area (TPSA) is 43.8 Å². The van der Waals surface area contributed by atoms with Gasteiger partial charge in [0.05, 0.1) is 11.0 Å². The molecule has 1 saturated carbocycles. The van der Waals surface area contributed by atoms with E-state index in [1.807, 2.05) is 0 Å². The average Bonchev–Trinajstić information content (AvgIpc) is 3.18. The van der Waals surface area contributed by atoms with Gasteiger partial charge in [0.1, 0.15) is 5.82 Å². The molecule has 1 heterocycles. The maximum absolute atomic E-state index is 5.64. The molecule has 0 saturated heterocycles. The van der Waals surface area contributed by atoms with Crippen molar-refractivity contribution in [3.8, 4) is 0 Å². The Bertz CT molecular complexity index is 596. The highest BCUT2D eigenvalue weighted by Crippen LogP contribution is 2.39. The van der Waals surface area contributed by atoms with E-state index in [0.29, 0.717) is 12.0 Å². The third-order valence-electron chi connectivity index (χ3n) is 4.35. The molecular weight excluding hydrogens is 246 g/mol. The fourth-order valence-electron chi connectivity index (χ4n) is 2.98. The van der Waals surface area contributed by atoms with Crippen molar-refractivity contribution in [3.63, 3.8) is 0 Å². The van der Waals surface area contributed by atoms with Crippen molar-refractivity contribution in [3.05, 3.63) is 29.6 Å². The van der Waals surface area contributed by atoms with Crippen molar-refractivity contribution >= 4 is 11.0 Å². The van der Waals surface area contributed by atoms with Crippen LogP contribution in [0, 0.1) is 12.8 Å². The lowest BCUT2D eigenvalue weighted by Gasteiger charge is -2.11. The molecule has 1 aromatic carbocycles. The van der Waals surface area contributed by atoms with E-state index in [1.165, 1.54) is 41.7 Å². The number of rotatable bonds is 6. The lowest BCUT2D eigenvalue weighted by molar-refractivity contribution is 0.487. The zero-order chi connectivity index (χ0) is 14.1. The number of fused-ring (bicyclic) bond motifs is 1. The first kappa shape index (κ1) is 13.6. The molecule has 20 heavy (non-hydrogen) atoms. The van der Waals surface area contributed by atoms with E-state index in [9.17, 15) is 0 Å². The van der Waals surface area contributed by atoms with Crippen LogP contribution in [-0.2, 0) is 6.42 Å². The van der Waals surface area contributed by atoms with Gasteiger partial charge in [0.25, 0.3) is 0 Å². The zero-order valence-corrected chi connectivity index (χ0v) is 12.6. The van der Waals surface area contributed by atoms with E-state index in [2.05, 4.69) is 36.6 Å². The first-order valence-electron chi connectivity index (χ1n) is 7.86. The monoisotopic (exact) mass is 271 g/mol. The van der Waals surface area contributed by atoms with Crippen LogP contribution in [0.1, 0.15) is 50.0 Å². The fourth-order valence-corrected chi connectivity index (χ4v) is 2.98. The van der Waals surface area contributed by atoms with Crippen LogP contribution in [0.15, 0.2) is 18.2 Å². The summed E-state index contributed by atoms with van der Waals surface area (Å²) in [5, 5.41) is 0. The van der Waals surface area contributed by atoms with Gasteiger partial charge >= 0.3 is 0 Å². The Morgan fingerprint density at radius 3 is 2.85 bits per heavy atom. The van der Waals surface area contributed by atoms with Crippen LogP contribution in [0.3, 0.4) is 0 Å². The molecule has 0 spiro atoms. The summed E-state index contributed by atoms with van der Waals surface area (Å²) in [5.41, 5.74) is 9.42. The quantitative estimate of drug-likeness (QED) is 0.872. The molecule has 108 valence electrons. The summed E-state index contributed by atoms with van der Waals surface area (Å²) in [6.45, 7) is 5.22. The Balaban J connectivity index is 1.87. The lowest BCUT2D eigenvalue weighted by atomic mass is 10.0. The van der Waals surface area contributed by atoms with Gasteiger partial charge in [0.2, 0.25) is 0 Å². The number of nitrogens with two attached hydrogens (primary N) is 1. The van der Waals surface area contributed by atoms with E-state index in [4.69, 9.17) is 10.7 Å². The minimum absolute atomic E-state index is 0.689. The summed E-state index contributed by atoms with van der Waals surface area (Å²) >= 11 is 0. The molecule has 2 N–H and O–H groups in total. The Morgan fingerprint density at radius 1 is 1.35 bits per heavy atom. The Morgan fingerprint density at radius 2 is 2.15 bits per heavy atom. The zero-order valence-electron chi connectivity index (χ0n) is 12.6. The highest BCUT2D eigenvalue weighted by Gasteiger charge is 2.28. The molecule has 2 aromatic rings. The molecule has 0 radical (unpaired) electrons. The Hall–Kier alpha value is -1.35. The molecule has 3 heteroatoms. The lowest BCUT2D eigenvalue weighted by Crippen LogP contribution is -2.08. The fraction of sp³-hybridized carbons (Fsp3) is 0.588.